The first kappa shape index (κ1) is 16.9. The minimum absolute atomic E-state index is 0.195. The van der Waals surface area contributed by atoms with E-state index in [2.05, 4.69) is 27.7 Å². The van der Waals surface area contributed by atoms with E-state index in [0.29, 0.717) is 0 Å². The average Bonchev–Trinajstić information content (AvgIpc) is 2.27. The van der Waals surface area contributed by atoms with Gasteiger partial charge in [-0.15, -0.1) is 0 Å². The highest BCUT2D eigenvalue weighted by Crippen LogP contribution is 2.35. The van der Waals surface area contributed by atoms with Gasteiger partial charge in [-0.05, 0) is 43.9 Å². The van der Waals surface area contributed by atoms with Gasteiger partial charge in [0.05, 0.1) is 0 Å². The van der Waals surface area contributed by atoms with E-state index in [4.69, 9.17) is 17.2 Å². The molecule has 17 heavy (non-hydrogen) atoms. The zero-order valence-electron chi connectivity index (χ0n) is 12.2. The van der Waals surface area contributed by atoms with E-state index in [1.54, 1.807) is 0 Å². The Balaban J connectivity index is 4.55. The molecule has 0 aliphatic carbocycles. The van der Waals surface area contributed by atoms with Gasteiger partial charge in [-0.3, -0.25) is 0 Å². The van der Waals surface area contributed by atoms with E-state index in [-0.39, 0.29) is 23.5 Å². The molecule has 104 valence electrons. The van der Waals surface area contributed by atoms with E-state index in [9.17, 15) is 0 Å². The van der Waals surface area contributed by atoms with Gasteiger partial charge in [-0.2, -0.15) is 0 Å². The number of hydrogen-bond acceptors (Lipinski definition) is 3. The van der Waals surface area contributed by atoms with Gasteiger partial charge in [0.1, 0.15) is 0 Å². The van der Waals surface area contributed by atoms with E-state index < -0.39 is 0 Å². The predicted octanol–water partition coefficient (Wildman–Crippen LogP) is 2.37. The van der Waals surface area contributed by atoms with Crippen LogP contribution in [-0.2, 0) is 0 Å². The van der Waals surface area contributed by atoms with Crippen molar-refractivity contribution in [3.63, 3.8) is 0 Å². The first-order valence-corrected chi connectivity index (χ1v) is 7.13. The van der Waals surface area contributed by atoms with Crippen LogP contribution >= 0.6 is 0 Å². The van der Waals surface area contributed by atoms with Crippen LogP contribution in [0.2, 0.25) is 0 Å². The van der Waals surface area contributed by atoms with Crippen molar-refractivity contribution in [3.8, 4) is 0 Å². The molecule has 0 saturated carbocycles. The quantitative estimate of drug-likeness (QED) is 0.582. The average molecular weight is 243 g/mol. The van der Waals surface area contributed by atoms with Gasteiger partial charge < -0.3 is 17.2 Å². The van der Waals surface area contributed by atoms with Crippen LogP contribution in [0.3, 0.4) is 0 Å². The second kappa shape index (κ2) is 8.06. The van der Waals surface area contributed by atoms with Crippen LogP contribution in [0.1, 0.15) is 66.2 Å². The Labute approximate surface area is 108 Å². The molecule has 0 aliphatic heterocycles. The smallest absolute Gasteiger partial charge is 0.00414 e. The Kier molecular flexibility index (Phi) is 8.01. The lowest BCUT2D eigenvalue weighted by Gasteiger charge is -2.36. The second-order valence-electron chi connectivity index (χ2n) is 5.93. The summed E-state index contributed by atoms with van der Waals surface area (Å²) in [6, 6.07) is 0.814. The van der Waals surface area contributed by atoms with Crippen LogP contribution in [0.5, 0.6) is 0 Å². The van der Waals surface area contributed by atoms with Crippen LogP contribution in [-0.4, -0.2) is 18.1 Å². The summed E-state index contributed by atoms with van der Waals surface area (Å²) in [4.78, 5) is 0. The zero-order chi connectivity index (χ0) is 13.5. The largest absolute Gasteiger partial charge is 0.328 e. The maximum absolute atomic E-state index is 6.11. The van der Waals surface area contributed by atoms with Gasteiger partial charge in [0, 0.05) is 18.1 Å². The minimum atomic E-state index is 0.195. The van der Waals surface area contributed by atoms with Gasteiger partial charge in [-0.1, -0.05) is 27.7 Å². The molecule has 0 heterocycles. The molecule has 3 nitrogen and oxygen atoms in total. The highest BCUT2D eigenvalue weighted by molar-refractivity contribution is 4.85. The van der Waals surface area contributed by atoms with Crippen molar-refractivity contribution in [2.45, 2.75) is 84.3 Å². The summed E-state index contributed by atoms with van der Waals surface area (Å²) in [5.41, 5.74) is 18.5. The lowest BCUT2D eigenvalue weighted by Crippen LogP contribution is -2.38. The molecule has 0 rings (SSSR count). The summed E-state index contributed by atoms with van der Waals surface area (Å²) in [7, 11) is 0. The molecule has 0 aliphatic rings. The Hall–Kier alpha value is -0.120. The number of rotatable bonds is 9. The summed E-state index contributed by atoms with van der Waals surface area (Å²) in [6.07, 6.45) is 6.18. The SMILES string of the molecule is CCC(N)CC(C)(CC(N)CC)CC(N)CC. The fourth-order valence-corrected chi connectivity index (χ4v) is 2.58. The third-order valence-electron chi connectivity index (χ3n) is 3.84. The third kappa shape index (κ3) is 7.02. The zero-order valence-corrected chi connectivity index (χ0v) is 12.2. The van der Waals surface area contributed by atoms with Crippen molar-refractivity contribution in [2.75, 3.05) is 0 Å². The molecule has 3 atom stereocenters. The van der Waals surface area contributed by atoms with Crippen molar-refractivity contribution < 1.29 is 0 Å². The maximum Gasteiger partial charge on any atom is 0.00414 e. The number of nitrogens with two attached hydrogens (primary N) is 3. The summed E-state index contributed by atoms with van der Waals surface area (Å²) >= 11 is 0. The standard InChI is InChI=1S/C14H33N3/c1-5-11(15)8-14(4,9-12(16)6-2)10-13(17)7-3/h11-13H,5-10,15-17H2,1-4H3. The van der Waals surface area contributed by atoms with Gasteiger partial charge in [0.15, 0.2) is 0 Å². The molecule has 0 amide bonds. The Morgan fingerprint density at radius 1 is 0.706 bits per heavy atom. The van der Waals surface area contributed by atoms with Crippen molar-refractivity contribution in [1.82, 2.24) is 0 Å². The lowest BCUT2D eigenvalue weighted by molar-refractivity contribution is 0.192. The molecule has 6 N–H and O–H groups in total. The summed E-state index contributed by atoms with van der Waals surface area (Å²) < 4.78 is 0. The van der Waals surface area contributed by atoms with Crippen LogP contribution in [0, 0.1) is 5.41 Å². The van der Waals surface area contributed by atoms with Crippen molar-refractivity contribution in [2.24, 2.45) is 22.6 Å². The first-order valence-electron chi connectivity index (χ1n) is 7.13. The van der Waals surface area contributed by atoms with Gasteiger partial charge in [0.25, 0.3) is 0 Å². The topological polar surface area (TPSA) is 78.1 Å². The fraction of sp³-hybridized carbons (Fsp3) is 1.00. The van der Waals surface area contributed by atoms with Crippen LogP contribution in [0.15, 0.2) is 0 Å². The molecule has 0 aromatic rings. The molecule has 3 heteroatoms. The van der Waals surface area contributed by atoms with Crippen LogP contribution in [0.4, 0.5) is 0 Å². The van der Waals surface area contributed by atoms with E-state index in [0.717, 1.165) is 38.5 Å². The van der Waals surface area contributed by atoms with Gasteiger partial charge in [0.2, 0.25) is 0 Å². The van der Waals surface area contributed by atoms with Gasteiger partial charge in [-0.25, -0.2) is 0 Å². The molecule has 3 unspecified atom stereocenters. The van der Waals surface area contributed by atoms with Gasteiger partial charge >= 0.3 is 0 Å². The molecular weight excluding hydrogens is 210 g/mol. The summed E-state index contributed by atoms with van der Waals surface area (Å²) in [5, 5.41) is 0. The van der Waals surface area contributed by atoms with E-state index >= 15 is 0 Å². The predicted molar refractivity (Wildman–Crippen MR) is 76.8 cm³/mol. The monoisotopic (exact) mass is 243 g/mol. The normalized spacial score (nSPS) is 20.6. The molecular formula is C14H33N3. The second-order valence-corrected chi connectivity index (χ2v) is 5.93. The van der Waals surface area contributed by atoms with Crippen LogP contribution < -0.4 is 17.2 Å². The molecule has 0 aromatic carbocycles. The Morgan fingerprint density at radius 2 is 0.941 bits per heavy atom. The Bertz CT molecular complexity index is 163. The minimum Gasteiger partial charge on any atom is -0.328 e. The maximum atomic E-state index is 6.11. The van der Waals surface area contributed by atoms with Crippen LogP contribution in [0.25, 0.3) is 0 Å². The summed E-state index contributed by atoms with van der Waals surface area (Å²) in [6.45, 7) is 8.73. The molecule has 0 spiro atoms. The van der Waals surface area contributed by atoms with Crippen molar-refractivity contribution >= 4 is 0 Å². The highest BCUT2D eigenvalue weighted by Gasteiger charge is 2.29. The molecule has 0 bridgehead atoms. The third-order valence-corrected chi connectivity index (χ3v) is 3.84. The molecule has 0 fully saturated rings. The number of hydrogen-bond donors (Lipinski definition) is 3. The summed E-state index contributed by atoms with van der Waals surface area (Å²) in [5.74, 6) is 0. The molecule has 0 saturated heterocycles. The fourth-order valence-electron chi connectivity index (χ4n) is 2.58. The molecule has 0 aromatic heterocycles. The van der Waals surface area contributed by atoms with E-state index in [1.807, 2.05) is 0 Å². The highest BCUT2D eigenvalue weighted by atomic mass is 14.7. The molecule has 0 radical (unpaired) electrons. The lowest BCUT2D eigenvalue weighted by atomic mass is 9.73. The van der Waals surface area contributed by atoms with E-state index in [1.165, 1.54) is 0 Å². The van der Waals surface area contributed by atoms with Crippen molar-refractivity contribution in [1.29, 1.82) is 0 Å². The van der Waals surface area contributed by atoms with Crippen molar-refractivity contribution in [3.05, 3.63) is 0 Å². The Morgan fingerprint density at radius 3 is 1.12 bits per heavy atom. The first-order chi connectivity index (χ1) is 7.86.